The van der Waals surface area contributed by atoms with Gasteiger partial charge in [0.15, 0.2) is 11.5 Å². The summed E-state index contributed by atoms with van der Waals surface area (Å²) < 4.78 is 10.7. The van der Waals surface area contributed by atoms with E-state index in [1.165, 1.54) is 5.56 Å². The van der Waals surface area contributed by atoms with Gasteiger partial charge in [-0.3, -0.25) is 4.79 Å². The number of carbonyl (C=O) groups is 1. The predicted molar refractivity (Wildman–Crippen MR) is 106 cm³/mol. The van der Waals surface area contributed by atoms with Gasteiger partial charge in [0.25, 0.3) is 0 Å². The summed E-state index contributed by atoms with van der Waals surface area (Å²) in [4.78, 5) is 14.1. The molecule has 0 bridgehead atoms. The van der Waals surface area contributed by atoms with E-state index in [-0.39, 0.29) is 5.91 Å². The summed E-state index contributed by atoms with van der Waals surface area (Å²) in [7, 11) is 5.02. The number of likely N-dealkylation sites (N-methyl/N-ethyl adjacent to an activating group) is 1. The summed E-state index contributed by atoms with van der Waals surface area (Å²) in [6.07, 6.45) is 4.47. The number of amides is 1. The molecule has 0 aliphatic heterocycles. The number of ether oxygens (including phenoxy) is 2. The number of benzene rings is 2. The van der Waals surface area contributed by atoms with E-state index in [0.717, 1.165) is 23.1 Å². The highest BCUT2D eigenvalue weighted by Gasteiger charge is 2.12. The number of methoxy groups -OCH3 is 2. The summed E-state index contributed by atoms with van der Waals surface area (Å²) in [6, 6.07) is 12.1. The van der Waals surface area contributed by atoms with Crippen LogP contribution in [0.15, 0.2) is 42.5 Å². The smallest absolute Gasteiger partial charge is 0.246 e. The maximum absolute atomic E-state index is 12.4. The standard InChI is InChI=1S/C22H27NO3/c1-6-17-7-9-18(10-8-17)11-12-22(24)23(3)15-19-14-21(26-5)20(25-4)13-16(19)2/h7-14H,6,15H2,1-5H3/b12-11+. The minimum Gasteiger partial charge on any atom is -0.493 e. The van der Waals surface area contributed by atoms with Gasteiger partial charge in [-0.05, 0) is 53.8 Å². The van der Waals surface area contributed by atoms with E-state index in [1.807, 2.05) is 37.3 Å². The lowest BCUT2D eigenvalue weighted by atomic mass is 10.1. The van der Waals surface area contributed by atoms with E-state index in [1.54, 1.807) is 32.2 Å². The normalized spacial score (nSPS) is 10.8. The van der Waals surface area contributed by atoms with Crippen molar-refractivity contribution in [1.82, 2.24) is 4.90 Å². The Balaban J connectivity index is 2.07. The molecule has 0 fully saturated rings. The average molecular weight is 353 g/mol. The first kappa shape index (κ1) is 19.6. The van der Waals surface area contributed by atoms with Gasteiger partial charge >= 0.3 is 0 Å². The SMILES string of the molecule is CCc1ccc(/C=C/C(=O)N(C)Cc2cc(OC)c(OC)cc2C)cc1. The molecule has 0 unspecified atom stereocenters. The lowest BCUT2D eigenvalue weighted by Crippen LogP contribution is -2.24. The fourth-order valence-corrected chi connectivity index (χ4v) is 2.69. The first-order chi connectivity index (χ1) is 12.5. The Morgan fingerprint density at radius 1 is 1.08 bits per heavy atom. The molecule has 0 heterocycles. The second kappa shape index (κ2) is 9.09. The third-order valence-corrected chi connectivity index (χ3v) is 4.43. The monoisotopic (exact) mass is 353 g/mol. The van der Waals surface area contributed by atoms with Crippen LogP contribution in [0, 0.1) is 6.92 Å². The first-order valence-electron chi connectivity index (χ1n) is 8.72. The van der Waals surface area contributed by atoms with Crippen LogP contribution in [-0.2, 0) is 17.8 Å². The molecule has 0 atom stereocenters. The fourth-order valence-electron chi connectivity index (χ4n) is 2.69. The lowest BCUT2D eigenvalue weighted by molar-refractivity contribution is -0.125. The molecule has 2 aromatic carbocycles. The maximum atomic E-state index is 12.4. The van der Waals surface area contributed by atoms with Crippen LogP contribution in [0.5, 0.6) is 11.5 Å². The van der Waals surface area contributed by atoms with Gasteiger partial charge in [-0.1, -0.05) is 31.2 Å². The number of hydrogen-bond donors (Lipinski definition) is 0. The van der Waals surface area contributed by atoms with Crippen molar-refractivity contribution >= 4 is 12.0 Å². The summed E-state index contributed by atoms with van der Waals surface area (Å²) in [6.45, 7) is 4.63. The van der Waals surface area contributed by atoms with Gasteiger partial charge in [0.1, 0.15) is 0 Å². The second-order valence-corrected chi connectivity index (χ2v) is 6.26. The Kier molecular flexibility index (Phi) is 6.84. The van der Waals surface area contributed by atoms with E-state index in [9.17, 15) is 4.79 Å². The topological polar surface area (TPSA) is 38.8 Å². The van der Waals surface area contributed by atoms with E-state index in [4.69, 9.17) is 9.47 Å². The molecule has 4 nitrogen and oxygen atoms in total. The van der Waals surface area contributed by atoms with Crippen molar-refractivity contribution in [1.29, 1.82) is 0 Å². The van der Waals surface area contributed by atoms with E-state index in [0.29, 0.717) is 18.0 Å². The molecule has 2 aromatic rings. The molecular formula is C22H27NO3. The fraction of sp³-hybridized carbons (Fsp3) is 0.318. The highest BCUT2D eigenvalue weighted by atomic mass is 16.5. The molecule has 138 valence electrons. The van der Waals surface area contributed by atoms with Crippen molar-refractivity contribution in [3.8, 4) is 11.5 Å². The zero-order valence-corrected chi connectivity index (χ0v) is 16.2. The Morgan fingerprint density at radius 3 is 2.27 bits per heavy atom. The summed E-state index contributed by atoms with van der Waals surface area (Å²) in [5, 5.41) is 0. The van der Waals surface area contributed by atoms with Crippen LogP contribution < -0.4 is 9.47 Å². The Bertz CT molecular complexity index is 779. The average Bonchev–Trinajstić information content (AvgIpc) is 2.67. The number of carbonyl (C=O) groups excluding carboxylic acids is 1. The van der Waals surface area contributed by atoms with Crippen molar-refractivity contribution in [2.75, 3.05) is 21.3 Å². The van der Waals surface area contributed by atoms with Gasteiger partial charge in [-0.2, -0.15) is 0 Å². The Morgan fingerprint density at radius 2 is 1.69 bits per heavy atom. The van der Waals surface area contributed by atoms with Crippen molar-refractivity contribution in [3.63, 3.8) is 0 Å². The molecule has 0 saturated carbocycles. The Hall–Kier alpha value is -2.75. The quantitative estimate of drug-likeness (QED) is 0.699. The zero-order valence-electron chi connectivity index (χ0n) is 16.2. The number of aryl methyl sites for hydroxylation is 2. The largest absolute Gasteiger partial charge is 0.493 e. The van der Waals surface area contributed by atoms with Crippen LogP contribution in [0.3, 0.4) is 0 Å². The van der Waals surface area contributed by atoms with Gasteiger partial charge < -0.3 is 14.4 Å². The van der Waals surface area contributed by atoms with Gasteiger partial charge in [-0.25, -0.2) is 0 Å². The minimum atomic E-state index is -0.0428. The van der Waals surface area contributed by atoms with Gasteiger partial charge in [0, 0.05) is 19.7 Å². The molecule has 0 spiro atoms. The van der Waals surface area contributed by atoms with Gasteiger partial charge in [-0.15, -0.1) is 0 Å². The molecule has 0 radical (unpaired) electrons. The van der Waals surface area contributed by atoms with E-state index >= 15 is 0 Å². The van der Waals surface area contributed by atoms with Crippen molar-refractivity contribution in [2.24, 2.45) is 0 Å². The van der Waals surface area contributed by atoms with Crippen LogP contribution in [-0.4, -0.2) is 32.1 Å². The number of hydrogen-bond acceptors (Lipinski definition) is 3. The van der Waals surface area contributed by atoms with Crippen molar-refractivity contribution in [2.45, 2.75) is 26.8 Å². The van der Waals surface area contributed by atoms with Gasteiger partial charge in [0.05, 0.1) is 14.2 Å². The Labute approximate surface area is 156 Å². The molecule has 4 heteroatoms. The molecule has 0 aliphatic carbocycles. The van der Waals surface area contributed by atoms with Crippen molar-refractivity contribution < 1.29 is 14.3 Å². The van der Waals surface area contributed by atoms with E-state index < -0.39 is 0 Å². The predicted octanol–water partition coefficient (Wildman–Crippen LogP) is 4.25. The first-order valence-corrected chi connectivity index (χ1v) is 8.72. The molecule has 0 aromatic heterocycles. The number of nitrogens with zero attached hydrogens (tertiary/aromatic N) is 1. The number of rotatable bonds is 7. The molecule has 0 N–H and O–H groups in total. The zero-order chi connectivity index (χ0) is 19.1. The van der Waals surface area contributed by atoms with Crippen molar-refractivity contribution in [3.05, 3.63) is 64.7 Å². The maximum Gasteiger partial charge on any atom is 0.246 e. The van der Waals surface area contributed by atoms with E-state index in [2.05, 4.69) is 19.1 Å². The summed E-state index contributed by atoms with van der Waals surface area (Å²) in [5.41, 5.74) is 4.39. The van der Waals surface area contributed by atoms with Crippen LogP contribution in [0.1, 0.15) is 29.2 Å². The summed E-state index contributed by atoms with van der Waals surface area (Å²) >= 11 is 0. The van der Waals surface area contributed by atoms with Gasteiger partial charge in [0.2, 0.25) is 5.91 Å². The van der Waals surface area contributed by atoms with Crippen LogP contribution >= 0.6 is 0 Å². The van der Waals surface area contributed by atoms with Crippen LogP contribution in [0.2, 0.25) is 0 Å². The molecular weight excluding hydrogens is 326 g/mol. The molecule has 0 saturated heterocycles. The molecule has 26 heavy (non-hydrogen) atoms. The highest BCUT2D eigenvalue weighted by molar-refractivity contribution is 5.91. The molecule has 1 amide bonds. The lowest BCUT2D eigenvalue weighted by Gasteiger charge is -2.18. The van der Waals surface area contributed by atoms with Crippen LogP contribution in [0.25, 0.3) is 6.08 Å². The molecule has 2 rings (SSSR count). The second-order valence-electron chi connectivity index (χ2n) is 6.26. The van der Waals surface area contributed by atoms with Crippen LogP contribution in [0.4, 0.5) is 0 Å². The summed E-state index contributed by atoms with van der Waals surface area (Å²) in [5.74, 6) is 1.32. The molecule has 0 aliphatic rings. The third-order valence-electron chi connectivity index (χ3n) is 4.43. The highest BCUT2D eigenvalue weighted by Crippen LogP contribution is 2.30. The minimum absolute atomic E-state index is 0.0428. The third kappa shape index (κ3) is 4.88.